The van der Waals surface area contributed by atoms with Gasteiger partial charge in [0.1, 0.15) is 12.0 Å². The van der Waals surface area contributed by atoms with Gasteiger partial charge in [0, 0.05) is 12.6 Å². The largest absolute Gasteiger partial charge is 0.463 e. The molecule has 1 aliphatic heterocycles. The molecule has 0 saturated carbocycles. The number of amides is 1. The fraction of sp³-hybridized carbons (Fsp3) is 0.174. The minimum Gasteiger partial charge on any atom is -0.463 e. The van der Waals surface area contributed by atoms with Crippen molar-refractivity contribution >= 4 is 52.5 Å². The normalized spacial score (nSPS) is 16.8. The number of nitrogens with zero attached hydrogens (tertiary/aromatic N) is 2. The first-order valence-corrected chi connectivity index (χ1v) is 10.6. The van der Waals surface area contributed by atoms with Gasteiger partial charge in [-0.3, -0.25) is 19.5 Å². The lowest BCUT2D eigenvalue weighted by atomic mass is 10.1. The predicted molar refractivity (Wildman–Crippen MR) is 124 cm³/mol. The number of hydrogen-bond acceptors (Lipinski definition) is 5. The molecule has 0 unspecified atom stereocenters. The van der Waals surface area contributed by atoms with Crippen LogP contribution in [0.2, 0.25) is 5.02 Å². The Morgan fingerprint density at radius 3 is 2.73 bits per heavy atom. The second-order valence-electron chi connectivity index (χ2n) is 6.47. The number of amidine groups is 1. The van der Waals surface area contributed by atoms with E-state index in [1.807, 2.05) is 31.2 Å². The number of thioether (sulfide) groups is 1. The molecule has 30 heavy (non-hydrogen) atoms. The van der Waals surface area contributed by atoms with Crippen molar-refractivity contribution in [3.05, 3.63) is 75.9 Å². The molecule has 0 atom stereocenters. The second-order valence-corrected chi connectivity index (χ2v) is 7.89. The minimum absolute atomic E-state index is 0.116. The van der Waals surface area contributed by atoms with Crippen LogP contribution < -0.4 is 9.64 Å². The maximum Gasteiger partial charge on any atom is 0.271 e. The number of ether oxygens (including phenoxy) is 1. The molecule has 1 amide bonds. The molecular formula is C23H21ClN2O3S. The van der Waals surface area contributed by atoms with Crippen LogP contribution in [0, 0.1) is 6.92 Å². The molecule has 3 rings (SSSR count). The highest BCUT2D eigenvalue weighted by atomic mass is 35.5. The maximum absolute atomic E-state index is 13.2. The third-order valence-electron chi connectivity index (χ3n) is 4.24. The van der Waals surface area contributed by atoms with E-state index < -0.39 is 0 Å². The number of hydrogen-bond donors (Lipinski definition) is 0. The van der Waals surface area contributed by atoms with E-state index in [0.717, 1.165) is 23.2 Å². The zero-order valence-electron chi connectivity index (χ0n) is 16.7. The lowest BCUT2D eigenvalue weighted by molar-refractivity contribution is -0.113. The van der Waals surface area contributed by atoms with Crippen molar-refractivity contribution in [1.29, 1.82) is 0 Å². The summed E-state index contributed by atoms with van der Waals surface area (Å²) in [6.45, 7) is 4.68. The van der Waals surface area contributed by atoms with Crippen molar-refractivity contribution in [2.45, 2.75) is 20.3 Å². The number of aliphatic imine (C=N–C) groups is 1. The summed E-state index contributed by atoms with van der Waals surface area (Å²) in [4.78, 5) is 30.4. The summed E-state index contributed by atoms with van der Waals surface area (Å²) in [7, 11) is 0. The molecule has 7 heteroatoms. The number of carbonyl (C=O) groups is 2. The Bertz CT molecular complexity index is 1050. The van der Waals surface area contributed by atoms with Gasteiger partial charge >= 0.3 is 0 Å². The smallest absolute Gasteiger partial charge is 0.271 e. The molecule has 0 N–H and O–H groups in total. The van der Waals surface area contributed by atoms with Crippen molar-refractivity contribution in [2.24, 2.45) is 4.99 Å². The Balaban J connectivity index is 1.92. The van der Waals surface area contributed by atoms with Gasteiger partial charge in [0.2, 0.25) is 0 Å². The van der Waals surface area contributed by atoms with Crippen LogP contribution in [0.15, 0.2) is 64.7 Å². The Labute approximate surface area is 185 Å². The number of aldehydes is 1. The molecule has 5 nitrogen and oxygen atoms in total. The maximum atomic E-state index is 13.2. The van der Waals surface area contributed by atoms with E-state index in [9.17, 15) is 9.59 Å². The fourth-order valence-corrected chi connectivity index (χ4v) is 4.04. The van der Waals surface area contributed by atoms with Crippen LogP contribution >= 0.6 is 23.4 Å². The molecule has 0 spiro atoms. The van der Waals surface area contributed by atoms with Crippen LogP contribution in [0.4, 0.5) is 5.69 Å². The predicted octanol–water partition coefficient (Wildman–Crippen LogP) is 5.63. The number of aryl methyl sites for hydroxylation is 1. The zero-order chi connectivity index (χ0) is 21.5. The van der Waals surface area contributed by atoms with Crippen LogP contribution in [0.1, 0.15) is 24.5 Å². The van der Waals surface area contributed by atoms with Gasteiger partial charge in [-0.1, -0.05) is 42.8 Å². The average molecular weight is 441 g/mol. The number of halogens is 1. The van der Waals surface area contributed by atoms with Gasteiger partial charge in [-0.05, 0) is 60.5 Å². The van der Waals surface area contributed by atoms with Crippen molar-refractivity contribution in [1.82, 2.24) is 0 Å². The van der Waals surface area contributed by atoms with Crippen LogP contribution in [-0.2, 0) is 9.59 Å². The topological polar surface area (TPSA) is 59.0 Å². The quantitative estimate of drug-likeness (QED) is 0.318. The van der Waals surface area contributed by atoms with Crippen molar-refractivity contribution in [2.75, 3.05) is 11.4 Å². The van der Waals surface area contributed by atoms with Gasteiger partial charge in [-0.15, -0.1) is 0 Å². The highest BCUT2D eigenvalue weighted by Crippen LogP contribution is 2.38. The molecule has 1 fully saturated rings. The van der Waals surface area contributed by atoms with Crippen LogP contribution in [-0.4, -0.2) is 23.9 Å². The van der Waals surface area contributed by atoms with Gasteiger partial charge in [-0.25, -0.2) is 0 Å². The fourth-order valence-electron chi connectivity index (χ4n) is 2.81. The third kappa shape index (κ3) is 5.01. The summed E-state index contributed by atoms with van der Waals surface area (Å²) in [5.74, 6) is 0.309. The lowest BCUT2D eigenvalue weighted by Gasteiger charge is -2.17. The standard InChI is InChI=1S/C23H21ClN2O3S/c1-3-11-25-23-26(19-8-5-4-7-16(19)2)22(28)21(30-23)15-17-9-10-20(18(24)14-17)29-13-6-12-27/h4-10,12-15H,3,11H2,1-2H3/b13-6-,21-15+,25-23+. The number of benzene rings is 2. The number of allylic oxidation sites excluding steroid dienone is 1. The van der Waals surface area contributed by atoms with E-state index >= 15 is 0 Å². The molecule has 154 valence electrons. The molecule has 1 saturated heterocycles. The molecule has 0 aliphatic carbocycles. The van der Waals surface area contributed by atoms with E-state index in [-0.39, 0.29) is 5.91 Å². The highest BCUT2D eigenvalue weighted by Gasteiger charge is 2.35. The Kier molecular flexibility index (Phi) is 7.49. The van der Waals surface area contributed by atoms with Gasteiger partial charge in [-0.2, -0.15) is 0 Å². The first-order valence-electron chi connectivity index (χ1n) is 9.45. The SMILES string of the molecule is CCC/N=C1/S/C(=C/c2ccc(O/C=C\C=O)c(Cl)c2)C(=O)N1c1ccccc1C. The summed E-state index contributed by atoms with van der Waals surface area (Å²) in [6, 6.07) is 13.0. The van der Waals surface area contributed by atoms with Crippen molar-refractivity contribution < 1.29 is 14.3 Å². The third-order valence-corrected chi connectivity index (χ3v) is 5.54. The van der Waals surface area contributed by atoms with Gasteiger partial charge in [0.05, 0.1) is 21.9 Å². The summed E-state index contributed by atoms with van der Waals surface area (Å²) in [5.41, 5.74) is 2.60. The summed E-state index contributed by atoms with van der Waals surface area (Å²) in [5, 5.41) is 1.05. The average Bonchev–Trinajstić information content (AvgIpc) is 3.03. The Hall–Kier alpha value is -2.83. The van der Waals surface area contributed by atoms with E-state index in [2.05, 4.69) is 11.9 Å². The van der Waals surface area contributed by atoms with E-state index in [0.29, 0.717) is 33.7 Å². The summed E-state index contributed by atoms with van der Waals surface area (Å²) in [6.07, 6.45) is 5.81. The van der Waals surface area contributed by atoms with E-state index in [1.54, 1.807) is 29.2 Å². The molecule has 0 aromatic heterocycles. The van der Waals surface area contributed by atoms with Gasteiger partial charge < -0.3 is 4.74 Å². The first-order chi connectivity index (χ1) is 14.5. The lowest BCUT2D eigenvalue weighted by Crippen LogP contribution is -2.29. The van der Waals surface area contributed by atoms with E-state index in [1.165, 1.54) is 24.1 Å². The van der Waals surface area contributed by atoms with E-state index in [4.69, 9.17) is 16.3 Å². The van der Waals surface area contributed by atoms with Crippen molar-refractivity contribution in [3.8, 4) is 5.75 Å². The van der Waals surface area contributed by atoms with Crippen LogP contribution in [0.25, 0.3) is 6.08 Å². The molecule has 2 aromatic rings. The Morgan fingerprint density at radius 1 is 1.23 bits per heavy atom. The van der Waals surface area contributed by atoms with Crippen LogP contribution in [0.3, 0.4) is 0 Å². The number of rotatable bonds is 7. The molecular weight excluding hydrogens is 420 g/mol. The minimum atomic E-state index is -0.116. The first kappa shape index (κ1) is 21.9. The molecule has 1 aliphatic rings. The van der Waals surface area contributed by atoms with Gasteiger partial charge in [0.15, 0.2) is 5.17 Å². The molecule has 2 aromatic carbocycles. The summed E-state index contributed by atoms with van der Waals surface area (Å²) < 4.78 is 5.31. The molecule has 0 bridgehead atoms. The summed E-state index contributed by atoms with van der Waals surface area (Å²) >= 11 is 7.63. The second kappa shape index (κ2) is 10.3. The van der Waals surface area contributed by atoms with Crippen molar-refractivity contribution in [3.63, 3.8) is 0 Å². The zero-order valence-corrected chi connectivity index (χ0v) is 18.2. The number of para-hydroxylation sites is 1. The molecule has 1 heterocycles. The van der Waals surface area contributed by atoms with Gasteiger partial charge in [0.25, 0.3) is 5.91 Å². The number of anilines is 1. The van der Waals surface area contributed by atoms with Crippen LogP contribution in [0.5, 0.6) is 5.75 Å². The highest BCUT2D eigenvalue weighted by molar-refractivity contribution is 8.19. The monoisotopic (exact) mass is 440 g/mol. The number of carbonyl (C=O) groups excluding carboxylic acids is 2. The Morgan fingerprint density at radius 2 is 2.03 bits per heavy atom. The molecule has 0 radical (unpaired) electrons.